The standard InChI is InChI=1S/C27H24N2O3.2ClH/c1-17-12-21(20-8-4-7-19(14-20)16-28)15-22(13-17)32-25-11-5-10-24(29-25)23-9-3-6-18(2)26(23)27(30)31;;/h3-15H,16,28H2,1-2H3,(H,30,31);2*1H. The van der Waals surface area contributed by atoms with Gasteiger partial charge in [-0.2, -0.15) is 0 Å². The van der Waals surface area contributed by atoms with E-state index < -0.39 is 5.97 Å². The average molecular weight is 497 g/mol. The SMILES string of the molecule is Cc1cc(Oc2cccc(-c3cccc(C)c3C(=O)O)n2)cc(-c2cccc(CN)c2)c1.Cl.Cl. The Balaban J connectivity index is 0.00000204. The summed E-state index contributed by atoms with van der Waals surface area (Å²) in [6.07, 6.45) is 0. The van der Waals surface area contributed by atoms with Crippen LogP contribution < -0.4 is 10.5 Å². The Morgan fingerprint density at radius 2 is 1.65 bits per heavy atom. The van der Waals surface area contributed by atoms with Crippen LogP contribution in [0, 0.1) is 13.8 Å². The van der Waals surface area contributed by atoms with E-state index in [1.807, 2.05) is 49.4 Å². The fourth-order valence-corrected chi connectivity index (χ4v) is 3.76. The van der Waals surface area contributed by atoms with Gasteiger partial charge >= 0.3 is 5.97 Å². The number of aromatic carboxylic acids is 1. The zero-order chi connectivity index (χ0) is 22.7. The Labute approximate surface area is 211 Å². The van der Waals surface area contributed by atoms with Gasteiger partial charge in [0.15, 0.2) is 0 Å². The van der Waals surface area contributed by atoms with Crippen molar-refractivity contribution in [3.63, 3.8) is 0 Å². The first kappa shape index (κ1) is 26.9. The molecule has 5 nitrogen and oxygen atoms in total. The number of carbonyl (C=O) groups is 1. The van der Waals surface area contributed by atoms with Crippen LogP contribution in [0.5, 0.6) is 11.6 Å². The molecule has 4 aromatic rings. The number of hydrogen-bond acceptors (Lipinski definition) is 4. The smallest absolute Gasteiger partial charge is 0.336 e. The first-order valence-corrected chi connectivity index (χ1v) is 10.3. The van der Waals surface area contributed by atoms with Crippen molar-refractivity contribution < 1.29 is 14.6 Å². The number of ether oxygens (including phenoxy) is 1. The van der Waals surface area contributed by atoms with Crippen molar-refractivity contribution in [3.05, 3.63) is 101 Å². The molecule has 7 heteroatoms. The molecule has 34 heavy (non-hydrogen) atoms. The second-order valence-electron chi connectivity index (χ2n) is 7.70. The summed E-state index contributed by atoms with van der Waals surface area (Å²) in [6, 6.07) is 24.8. The van der Waals surface area contributed by atoms with Crippen LogP contribution in [0.2, 0.25) is 0 Å². The minimum Gasteiger partial charge on any atom is -0.478 e. The van der Waals surface area contributed by atoms with Gasteiger partial charge < -0.3 is 15.6 Å². The van der Waals surface area contributed by atoms with Gasteiger partial charge in [-0.05, 0) is 65.9 Å². The first-order valence-electron chi connectivity index (χ1n) is 10.3. The van der Waals surface area contributed by atoms with Crippen molar-refractivity contribution in [1.82, 2.24) is 4.98 Å². The van der Waals surface area contributed by atoms with Gasteiger partial charge in [0.25, 0.3) is 0 Å². The summed E-state index contributed by atoms with van der Waals surface area (Å²) in [5.41, 5.74) is 12.0. The summed E-state index contributed by atoms with van der Waals surface area (Å²) in [5.74, 6) is 0.0763. The Bertz CT molecular complexity index is 1310. The largest absolute Gasteiger partial charge is 0.478 e. The summed E-state index contributed by atoms with van der Waals surface area (Å²) >= 11 is 0. The van der Waals surface area contributed by atoms with E-state index in [-0.39, 0.29) is 30.4 Å². The number of halogens is 2. The predicted octanol–water partition coefficient (Wildman–Crippen LogP) is 6.83. The fraction of sp³-hybridized carbons (Fsp3) is 0.111. The van der Waals surface area contributed by atoms with E-state index in [4.69, 9.17) is 10.5 Å². The molecule has 0 aliphatic carbocycles. The van der Waals surface area contributed by atoms with E-state index >= 15 is 0 Å². The molecule has 0 aliphatic heterocycles. The second-order valence-corrected chi connectivity index (χ2v) is 7.70. The van der Waals surface area contributed by atoms with E-state index in [1.165, 1.54) is 0 Å². The van der Waals surface area contributed by atoms with Crippen molar-refractivity contribution in [2.24, 2.45) is 5.73 Å². The van der Waals surface area contributed by atoms with Crippen molar-refractivity contribution in [2.45, 2.75) is 20.4 Å². The number of carboxylic acids is 1. The molecule has 3 aromatic carbocycles. The van der Waals surface area contributed by atoms with Crippen LogP contribution >= 0.6 is 24.8 Å². The van der Waals surface area contributed by atoms with Gasteiger partial charge in [-0.25, -0.2) is 9.78 Å². The van der Waals surface area contributed by atoms with E-state index in [1.54, 1.807) is 31.2 Å². The normalized spacial score (nSPS) is 10.1. The van der Waals surface area contributed by atoms with Crippen LogP contribution in [0.15, 0.2) is 78.9 Å². The van der Waals surface area contributed by atoms with Crippen LogP contribution in [-0.2, 0) is 6.54 Å². The molecule has 176 valence electrons. The zero-order valence-corrected chi connectivity index (χ0v) is 20.5. The van der Waals surface area contributed by atoms with Crippen molar-refractivity contribution in [1.29, 1.82) is 0 Å². The van der Waals surface area contributed by atoms with Crippen LogP contribution in [0.4, 0.5) is 0 Å². The van der Waals surface area contributed by atoms with Gasteiger partial charge in [-0.1, -0.05) is 48.5 Å². The molecular weight excluding hydrogens is 471 g/mol. The molecule has 1 heterocycles. The lowest BCUT2D eigenvalue weighted by atomic mass is 9.99. The molecule has 3 N–H and O–H groups in total. The van der Waals surface area contributed by atoms with Crippen LogP contribution in [0.3, 0.4) is 0 Å². The molecule has 0 aliphatic rings. The molecule has 0 atom stereocenters. The highest BCUT2D eigenvalue weighted by molar-refractivity contribution is 5.97. The third-order valence-corrected chi connectivity index (χ3v) is 5.26. The Morgan fingerprint density at radius 1 is 0.912 bits per heavy atom. The lowest BCUT2D eigenvalue weighted by Crippen LogP contribution is -2.03. The number of nitrogens with zero attached hydrogens (tertiary/aromatic N) is 1. The van der Waals surface area contributed by atoms with E-state index in [0.29, 0.717) is 35.0 Å². The van der Waals surface area contributed by atoms with Gasteiger partial charge in [0.2, 0.25) is 5.88 Å². The molecule has 4 rings (SSSR count). The summed E-state index contributed by atoms with van der Waals surface area (Å²) in [6.45, 7) is 4.27. The quantitative estimate of drug-likeness (QED) is 0.305. The van der Waals surface area contributed by atoms with Gasteiger partial charge in [-0.3, -0.25) is 0 Å². The summed E-state index contributed by atoms with van der Waals surface area (Å²) in [7, 11) is 0. The monoisotopic (exact) mass is 496 g/mol. The Kier molecular flexibility index (Phi) is 9.21. The minimum absolute atomic E-state index is 0. The van der Waals surface area contributed by atoms with Crippen LogP contribution in [0.25, 0.3) is 22.4 Å². The number of benzene rings is 3. The third-order valence-electron chi connectivity index (χ3n) is 5.26. The van der Waals surface area contributed by atoms with E-state index in [2.05, 4.69) is 17.1 Å². The number of rotatable bonds is 6. The molecule has 1 aromatic heterocycles. The summed E-state index contributed by atoms with van der Waals surface area (Å²) in [4.78, 5) is 16.4. The lowest BCUT2D eigenvalue weighted by molar-refractivity contribution is 0.0697. The van der Waals surface area contributed by atoms with Crippen LogP contribution in [-0.4, -0.2) is 16.1 Å². The maximum Gasteiger partial charge on any atom is 0.336 e. The summed E-state index contributed by atoms with van der Waals surface area (Å²) in [5, 5.41) is 9.65. The average Bonchev–Trinajstić information content (AvgIpc) is 2.78. The molecule has 0 fully saturated rings. The van der Waals surface area contributed by atoms with Crippen molar-refractivity contribution in [2.75, 3.05) is 0 Å². The number of hydrogen-bond donors (Lipinski definition) is 2. The molecule has 0 amide bonds. The summed E-state index contributed by atoms with van der Waals surface area (Å²) < 4.78 is 6.09. The topological polar surface area (TPSA) is 85.4 Å². The zero-order valence-electron chi connectivity index (χ0n) is 18.8. The van der Waals surface area contributed by atoms with Gasteiger partial charge in [-0.15, -0.1) is 24.8 Å². The number of aromatic nitrogens is 1. The highest BCUT2D eigenvalue weighted by atomic mass is 35.5. The fourth-order valence-electron chi connectivity index (χ4n) is 3.76. The number of carboxylic acid groups (broad SMARTS) is 1. The molecule has 0 saturated heterocycles. The van der Waals surface area contributed by atoms with Crippen molar-refractivity contribution in [3.8, 4) is 34.0 Å². The highest BCUT2D eigenvalue weighted by Crippen LogP contribution is 2.31. The maximum atomic E-state index is 11.8. The Hall–Kier alpha value is -3.38. The maximum absolute atomic E-state index is 11.8. The second kappa shape index (κ2) is 11.7. The Morgan fingerprint density at radius 3 is 2.38 bits per heavy atom. The molecule has 0 radical (unpaired) electrons. The first-order chi connectivity index (χ1) is 15.4. The number of nitrogens with two attached hydrogens (primary N) is 1. The van der Waals surface area contributed by atoms with Gasteiger partial charge in [0, 0.05) is 18.2 Å². The third kappa shape index (κ3) is 5.94. The lowest BCUT2D eigenvalue weighted by Gasteiger charge is -2.12. The van der Waals surface area contributed by atoms with Gasteiger partial charge in [0.05, 0.1) is 11.3 Å². The van der Waals surface area contributed by atoms with Crippen LogP contribution in [0.1, 0.15) is 27.0 Å². The molecule has 0 unspecified atom stereocenters. The predicted molar refractivity (Wildman–Crippen MR) is 140 cm³/mol. The molecule has 0 spiro atoms. The number of aryl methyl sites for hydroxylation is 2. The molecule has 0 saturated carbocycles. The molecular formula is C27H26Cl2N2O3. The minimum atomic E-state index is -0.978. The number of pyridine rings is 1. The highest BCUT2D eigenvalue weighted by Gasteiger charge is 2.16. The van der Waals surface area contributed by atoms with E-state index in [9.17, 15) is 9.90 Å². The molecule has 0 bridgehead atoms. The van der Waals surface area contributed by atoms with Gasteiger partial charge in [0.1, 0.15) is 5.75 Å². The van der Waals surface area contributed by atoms with E-state index in [0.717, 1.165) is 22.3 Å². The van der Waals surface area contributed by atoms with Crippen molar-refractivity contribution >= 4 is 30.8 Å².